The number of nitrogens with zero attached hydrogens (tertiary/aromatic N) is 2. The third-order valence-electron chi connectivity index (χ3n) is 4.71. The van der Waals surface area contributed by atoms with Gasteiger partial charge in [-0.15, -0.1) is 24.2 Å². The number of hydrogen-bond acceptors (Lipinski definition) is 4. The second-order valence-electron chi connectivity index (χ2n) is 6.46. The van der Waals surface area contributed by atoms with Gasteiger partial charge in [-0.05, 0) is 31.0 Å². The number of rotatable bonds is 6. The summed E-state index contributed by atoms with van der Waals surface area (Å²) < 4.78 is 0. The predicted molar refractivity (Wildman–Crippen MR) is 103 cm³/mol. The van der Waals surface area contributed by atoms with Crippen LogP contribution in [0.5, 0.6) is 0 Å². The molecule has 0 radical (unpaired) electrons. The van der Waals surface area contributed by atoms with Crippen LogP contribution in [0, 0.1) is 5.92 Å². The maximum Gasteiger partial charge on any atom is 0.223 e. The molecule has 1 N–H and O–H groups in total. The minimum Gasteiger partial charge on any atom is -0.340 e. The van der Waals surface area contributed by atoms with Gasteiger partial charge in [-0.25, -0.2) is 0 Å². The van der Waals surface area contributed by atoms with Gasteiger partial charge in [0.15, 0.2) is 0 Å². The number of amides is 1. The number of hydrogen-bond donors (Lipinski definition) is 1. The zero-order valence-corrected chi connectivity index (χ0v) is 15.8. The van der Waals surface area contributed by atoms with E-state index in [0.29, 0.717) is 12.3 Å². The summed E-state index contributed by atoms with van der Waals surface area (Å²) in [7, 11) is 0. The minimum absolute atomic E-state index is 0. The van der Waals surface area contributed by atoms with Crippen LogP contribution < -0.4 is 5.32 Å². The van der Waals surface area contributed by atoms with E-state index in [1.807, 2.05) is 16.7 Å². The van der Waals surface area contributed by atoms with Crippen molar-refractivity contribution in [2.24, 2.45) is 5.92 Å². The van der Waals surface area contributed by atoms with Crippen molar-refractivity contribution in [2.75, 3.05) is 51.6 Å². The van der Waals surface area contributed by atoms with Gasteiger partial charge in [0.25, 0.3) is 0 Å². The molecule has 4 nitrogen and oxygen atoms in total. The molecule has 2 fully saturated rings. The van der Waals surface area contributed by atoms with Gasteiger partial charge in [0.1, 0.15) is 0 Å². The smallest absolute Gasteiger partial charge is 0.223 e. The Balaban J connectivity index is 0.00000208. The van der Waals surface area contributed by atoms with E-state index in [1.54, 1.807) is 0 Å². The third-order valence-corrected chi connectivity index (χ3v) is 5.95. The average molecular weight is 370 g/mol. The van der Waals surface area contributed by atoms with E-state index in [9.17, 15) is 4.79 Å². The van der Waals surface area contributed by atoms with Crippen molar-refractivity contribution < 1.29 is 4.79 Å². The fourth-order valence-corrected chi connectivity index (χ4v) is 4.36. The first-order valence-corrected chi connectivity index (χ1v) is 9.68. The fourth-order valence-electron chi connectivity index (χ4n) is 3.31. The number of benzene rings is 1. The molecule has 0 bridgehead atoms. The molecule has 0 saturated carbocycles. The van der Waals surface area contributed by atoms with E-state index < -0.39 is 0 Å². The summed E-state index contributed by atoms with van der Waals surface area (Å²) in [6, 6.07) is 10.6. The Bertz CT molecular complexity index is 496. The first-order chi connectivity index (χ1) is 11.3. The largest absolute Gasteiger partial charge is 0.340 e. The summed E-state index contributed by atoms with van der Waals surface area (Å²) in [5.74, 6) is 2.27. The summed E-state index contributed by atoms with van der Waals surface area (Å²) in [6.45, 7) is 6.84. The Morgan fingerprint density at radius 3 is 2.67 bits per heavy atom. The molecule has 2 heterocycles. The van der Waals surface area contributed by atoms with Gasteiger partial charge in [-0.1, -0.05) is 18.2 Å². The lowest BCUT2D eigenvalue weighted by Crippen LogP contribution is -2.47. The molecule has 2 saturated heterocycles. The van der Waals surface area contributed by atoms with Crippen LogP contribution in [0.4, 0.5) is 0 Å². The van der Waals surface area contributed by atoms with Gasteiger partial charge >= 0.3 is 0 Å². The molecule has 0 spiro atoms. The SMILES string of the molecule is Cl.O=C(CCN1CCC(CSc2ccccc2)C1)N1CCNCC1. The highest BCUT2D eigenvalue weighted by molar-refractivity contribution is 7.99. The normalized spacial score (nSPS) is 21.5. The highest BCUT2D eigenvalue weighted by Gasteiger charge is 2.24. The number of halogens is 1. The Labute approximate surface area is 155 Å². The van der Waals surface area contributed by atoms with Crippen molar-refractivity contribution in [2.45, 2.75) is 17.7 Å². The van der Waals surface area contributed by atoms with Crippen molar-refractivity contribution >= 4 is 30.1 Å². The lowest BCUT2D eigenvalue weighted by atomic mass is 10.2. The highest BCUT2D eigenvalue weighted by atomic mass is 35.5. The Morgan fingerprint density at radius 1 is 1.17 bits per heavy atom. The van der Waals surface area contributed by atoms with E-state index in [0.717, 1.165) is 51.7 Å². The molecule has 1 amide bonds. The molecule has 1 atom stereocenters. The van der Waals surface area contributed by atoms with Crippen molar-refractivity contribution in [1.29, 1.82) is 0 Å². The number of thioether (sulfide) groups is 1. The standard InChI is InChI=1S/C18H27N3OS.ClH/c22-18(21-12-8-19-9-13-21)7-11-20-10-6-16(14-20)15-23-17-4-2-1-3-5-17;/h1-5,16,19H,6-15H2;1H. The van der Waals surface area contributed by atoms with Crippen LogP contribution in [0.3, 0.4) is 0 Å². The van der Waals surface area contributed by atoms with Gasteiger partial charge in [-0.3, -0.25) is 4.79 Å². The number of carbonyl (C=O) groups excluding carboxylic acids is 1. The van der Waals surface area contributed by atoms with Crippen LogP contribution in [0.15, 0.2) is 35.2 Å². The van der Waals surface area contributed by atoms with Crippen LogP contribution in [0.1, 0.15) is 12.8 Å². The molecule has 1 aromatic carbocycles. The molecule has 2 aliphatic rings. The average Bonchev–Trinajstić information content (AvgIpc) is 3.07. The van der Waals surface area contributed by atoms with Gasteiger partial charge in [-0.2, -0.15) is 0 Å². The molecular formula is C18H28ClN3OS. The van der Waals surface area contributed by atoms with Crippen LogP contribution >= 0.6 is 24.2 Å². The minimum atomic E-state index is 0. The summed E-state index contributed by atoms with van der Waals surface area (Å²) in [4.78, 5) is 18.1. The molecule has 2 aliphatic heterocycles. The van der Waals surface area contributed by atoms with E-state index in [4.69, 9.17) is 0 Å². The molecule has 134 valence electrons. The maximum absolute atomic E-state index is 12.2. The second kappa shape index (κ2) is 10.3. The lowest BCUT2D eigenvalue weighted by molar-refractivity contribution is -0.132. The van der Waals surface area contributed by atoms with Crippen molar-refractivity contribution in [3.63, 3.8) is 0 Å². The van der Waals surface area contributed by atoms with Crippen LogP contribution in [-0.4, -0.2) is 67.3 Å². The van der Waals surface area contributed by atoms with Gasteiger partial charge < -0.3 is 15.1 Å². The van der Waals surface area contributed by atoms with Crippen molar-refractivity contribution in [3.8, 4) is 0 Å². The molecule has 6 heteroatoms. The lowest BCUT2D eigenvalue weighted by Gasteiger charge is -2.28. The second-order valence-corrected chi connectivity index (χ2v) is 7.55. The molecule has 1 unspecified atom stereocenters. The first kappa shape index (κ1) is 19.6. The van der Waals surface area contributed by atoms with E-state index in [2.05, 4.69) is 40.5 Å². The van der Waals surface area contributed by atoms with E-state index >= 15 is 0 Å². The molecule has 3 rings (SSSR count). The topological polar surface area (TPSA) is 35.6 Å². The van der Waals surface area contributed by atoms with E-state index in [1.165, 1.54) is 17.1 Å². The Hall–Kier alpha value is -0.750. The Kier molecular flexibility index (Phi) is 8.39. The Morgan fingerprint density at radius 2 is 1.92 bits per heavy atom. The number of likely N-dealkylation sites (tertiary alicyclic amines) is 1. The van der Waals surface area contributed by atoms with Gasteiger partial charge in [0.2, 0.25) is 5.91 Å². The van der Waals surface area contributed by atoms with Crippen LogP contribution in [0.25, 0.3) is 0 Å². The number of piperazine rings is 1. The molecule has 24 heavy (non-hydrogen) atoms. The monoisotopic (exact) mass is 369 g/mol. The first-order valence-electron chi connectivity index (χ1n) is 8.70. The molecule has 1 aromatic rings. The zero-order valence-electron chi connectivity index (χ0n) is 14.2. The number of carbonyl (C=O) groups is 1. The molecule has 0 aromatic heterocycles. The summed E-state index contributed by atoms with van der Waals surface area (Å²) in [6.07, 6.45) is 1.94. The highest BCUT2D eigenvalue weighted by Crippen LogP contribution is 2.25. The zero-order chi connectivity index (χ0) is 15.9. The molecular weight excluding hydrogens is 342 g/mol. The van der Waals surface area contributed by atoms with Crippen LogP contribution in [0.2, 0.25) is 0 Å². The summed E-state index contributed by atoms with van der Waals surface area (Å²) in [5, 5.41) is 3.29. The van der Waals surface area contributed by atoms with Gasteiger partial charge in [0.05, 0.1) is 0 Å². The van der Waals surface area contributed by atoms with Crippen LogP contribution in [-0.2, 0) is 4.79 Å². The summed E-state index contributed by atoms with van der Waals surface area (Å²) >= 11 is 1.96. The predicted octanol–water partition coefficient (Wildman–Crippen LogP) is 2.34. The fraction of sp³-hybridized carbons (Fsp3) is 0.611. The van der Waals surface area contributed by atoms with Crippen molar-refractivity contribution in [1.82, 2.24) is 15.1 Å². The maximum atomic E-state index is 12.2. The quantitative estimate of drug-likeness (QED) is 0.781. The van der Waals surface area contributed by atoms with Gasteiger partial charge in [0, 0.05) is 56.3 Å². The number of nitrogens with one attached hydrogen (secondary N) is 1. The third kappa shape index (κ3) is 5.96. The summed E-state index contributed by atoms with van der Waals surface area (Å²) in [5.41, 5.74) is 0. The van der Waals surface area contributed by atoms with E-state index in [-0.39, 0.29) is 12.4 Å². The molecule has 0 aliphatic carbocycles. The van der Waals surface area contributed by atoms with Crippen molar-refractivity contribution in [3.05, 3.63) is 30.3 Å².